The van der Waals surface area contributed by atoms with Gasteiger partial charge < -0.3 is 0 Å². The highest BCUT2D eigenvalue weighted by Gasteiger charge is 2.28. The Labute approximate surface area is 77.6 Å². The average Bonchev–Trinajstić information content (AvgIpc) is 2.37. The van der Waals surface area contributed by atoms with Gasteiger partial charge in [0.25, 0.3) is 0 Å². The molecule has 0 amide bonds. The van der Waals surface area contributed by atoms with Crippen LogP contribution >= 0.6 is 27.3 Å². The van der Waals surface area contributed by atoms with E-state index in [4.69, 9.17) is 0 Å². The number of thiophene rings is 1. The fourth-order valence-electron chi connectivity index (χ4n) is 1.40. The molecule has 1 unspecified atom stereocenters. The molecule has 0 fully saturated rings. The standard InChI is InChI=1S/C8H7BrOS/c1-4-2-5-3-6(9)11-8(5)7(4)10/h3-4H,2H2,1H3. The van der Waals surface area contributed by atoms with E-state index in [9.17, 15) is 4.79 Å². The molecule has 1 heterocycles. The van der Waals surface area contributed by atoms with Crippen LogP contribution in [0.2, 0.25) is 0 Å². The Hall–Kier alpha value is -0.150. The van der Waals surface area contributed by atoms with Gasteiger partial charge >= 0.3 is 0 Å². The Morgan fingerprint density at radius 3 is 3.09 bits per heavy atom. The van der Waals surface area contributed by atoms with Crippen molar-refractivity contribution in [2.45, 2.75) is 13.3 Å². The van der Waals surface area contributed by atoms with Crippen molar-refractivity contribution in [3.63, 3.8) is 0 Å². The Morgan fingerprint density at radius 2 is 2.45 bits per heavy atom. The van der Waals surface area contributed by atoms with Crippen molar-refractivity contribution in [2.24, 2.45) is 5.92 Å². The summed E-state index contributed by atoms with van der Waals surface area (Å²) in [6, 6.07) is 2.06. The van der Waals surface area contributed by atoms with Gasteiger partial charge in [0.2, 0.25) is 0 Å². The maximum atomic E-state index is 11.4. The number of hydrogen-bond acceptors (Lipinski definition) is 2. The molecule has 0 radical (unpaired) electrons. The van der Waals surface area contributed by atoms with Crippen molar-refractivity contribution in [2.75, 3.05) is 0 Å². The van der Waals surface area contributed by atoms with Crippen LogP contribution in [0.3, 0.4) is 0 Å². The first-order valence-corrected chi connectivity index (χ1v) is 5.12. The molecule has 0 aliphatic heterocycles. The second-order valence-corrected chi connectivity index (χ2v) is 5.31. The zero-order chi connectivity index (χ0) is 8.01. The van der Waals surface area contributed by atoms with Crippen LogP contribution in [-0.4, -0.2) is 5.78 Å². The number of hydrogen-bond donors (Lipinski definition) is 0. The van der Waals surface area contributed by atoms with Crippen LogP contribution < -0.4 is 0 Å². The van der Waals surface area contributed by atoms with Gasteiger partial charge in [0, 0.05) is 5.92 Å². The van der Waals surface area contributed by atoms with E-state index in [1.165, 1.54) is 5.56 Å². The summed E-state index contributed by atoms with van der Waals surface area (Å²) in [4.78, 5) is 12.4. The third-order valence-corrected chi connectivity index (χ3v) is 3.67. The first kappa shape index (κ1) is 7.50. The molecule has 0 saturated heterocycles. The van der Waals surface area contributed by atoms with Crippen molar-refractivity contribution in [1.82, 2.24) is 0 Å². The second-order valence-electron chi connectivity index (χ2n) is 2.87. The van der Waals surface area contributed by atoms with E-state index in [-0.39, 0.29) is 5.92 Å². The van der Waals surface area contributed by atoms with E-state index in [0.29, 0.717) is 5.78 Å². The summed E-state index contributed by atoms with van der Waals surface area (Å²) in [5.74, 6) is 0.528. The van der Waals surface area contributed by atoms with Gasteiger partial charge in [-0.25, -0.2) is 0 Å². The van der Waals surface area contributed by atoms with E-state index >= 15 is 0 Å². The molecular weight excluding hydrogens is 224 g/mol. The van der Waals surface area contributed by atoms with Crippen molar-refractivity contribution in [3.8, 4) is 0 Å². The highest BCUT2D eigenvalue weighted by molar-refractivity contribution is 9.11. The predicted molar refractivity (Wildman–Crippen MR) is 49.2 cm³/mol. The molecule has 1 aromatic rings. The molecule has 1 aromatic heterocycles. The Morgan fingerprint density at radius 1 is 1.73 bits per heavy atom. The van der Waals surface area contributed by atoms with Gasteiger partial charge in [0.1, 0.15) is 0 Å². The average molecular weight is 231 g/mol. The predicted octanol–water partition coefficient (Wildman–Crippen LogP) is 2.89. The van der Waals surface area contributed by atoms with Gasteiger partial charge in [-0.15, -0.1) is 11.3 Å². The summed E-state index contributed by atoms with van der Waals surface area (Å²) in [6.45, 7) is 1.99. The Kier molecular flexibility index (Phi) is 1.65. The molecule has 0 bridgehead atoms. The Bertz CT molecular complexity index is 316. The molecule has 3 heteroatoms. The zero-order valence-corrected chi connectivity index (χ0v) is 8.46. The third kappa shape index (κ3) is 1.07. The maximum absolute atomic E-state index is 11.4. The Balaban J connectivity index is 2.52. The van der Waals surface area contributed by atoms with E-state index in [1.807, 2.05) is 6.92 Å². The second kappa shape index (κ2) is 2.42. The van der Waals surface area contributed by atoms with Crippen molar-refractivity contribution >= 4 is 33.0 Å². The first-order valence-electron chi connectivity index (χ1n) is 3.51. The highest BCUT2D eigenvalue weighted by atomic mass is 79.9. The molecule has 1 nitrogen and oxygen atoms in total. The van der Waals surface area contributed by atoms with Crippen LogP contribution in [0.1, 0.15) is 22.2 Å². The van der Waals surface area contributed by atoms with Gasteiger partial charge in [-0.2, -0.15) is 0 Å². The smallest absolute Gasteiger partial charge is 0.176 e. The zero-order valence-electron chi connectivity index (χ0n) is 6.06. The number of carbonyl (C=O) groups excluding carboxylic acids is 1. The minimum absolute atomic E-state index is 0.212. The van der Waals surface area contributed by atoms with Crippen molar-refractivity contribution in [1.29, 1.82) is 0 Å². The molecule has 1 atom stereocenters. The van der Waals surface area contributed by atoms with E-state index < -0.39 is 0 Å². The molecule has 1 aliphatic carbocycles. The topological polar surface area (TPSA) is 17.1 Å². The SMILES string of the molecule is CC1Cc2cc(Br)sc2C1=O. The lowest BCUT2D eigenvalue weighted by Gasteiger charge is -1.94. The quantitative estimate of drug-likeness (QED) is 0.670. The number of halogens is 1. The summed E-state index contributed by atoms with van der Waals surface area (Å²) in [5, 5.41) is 0. The van der Waals surface area contributed by atoms with Crippen LogP contribution in [-0.2, 0) is 6.42 Å². The lowest BCUT2D eigenvalue weighted by atomic mass is 10.1. The number of carbonyl (C=O) groups is 1. The number of fused-ring (bicyclic) bond motifs is 1. The van der Waals surface area contributed by atoms with Gasteiger partial charge in [-0.05, 0) is 34.0 Å². The molecule has 0 N–H and O–H groups in total. The summed E-state index contributed by atoms with van der Waals surface area (Å²) in [6.07, 6.45) is 0.927. The fraction of sp³-hybridized carbons (Fsp3) is 0.375. The van der Waals surface area contributed by atoms with Crippen LogP contribution in [0.25, 0.3) is 0 Å². The largest absolute Gasteiger partial charge is 0.293 e. The monoisotopic (exact) mass is 230 g/mol. The van der Waals surface area contributed by atoms with E-state index in [1.54, 1.807) is 11.3 Å². The maximum Gasteiger partial charge on any atom is 0.176 e. The summed E-state index contributed by atoms with van der Waals surface area (Å²) in [7, 11) is 0. The molecule has 0 aromatic carbocycles. The van der Waals surface area contributed by atoms with Crippen molar-refractivity contribution < 1.29 is 4.79 Å². The highest BCUT2D eigenvalue weighted by Crippen LogP contribution is 2.35. The van der Waals surface area contributed by atoms with Crippen LogP contribution in [0.4, 0.5) is 0 Å². The first-order chi connectivity index (χ1) is 5.18. The van der Waals surface area contributed by atoms with Crippen LogP contribution in [0, 0.1) is 5.92 Å². The van der Waals surface area contributed by atoms with Gasteiger partial charge in [0.05, 0.1) is 8.66 Å². The van der Waals surface area contributed by atoms with Crippen LogP contribution in [0.15, 0.2) is 9.85 Å². The number of Topliss-reactive ketones (excluding diaryl/α,β-unsaturated/α-hetero) is 1. The number of ketones is 1. The van der Waals surface area contributed by atoms with Gasteiger partial charge in [-0.3, -0.25) is 4.79 Å². The normalized spacial score (nSPS) is 22.4. The minimum atomic E-state index is 0.212. The lowest BCUT2D eigenvalue weighted by Crippen LogP contribution is -2.02. The number of rotatable bonds is 0. The molecule has 58 valence electrons. The lowest BCUT2D eigenvalue weighted by molar-refractivity contribution is 0.0949. The van der Waals surface area contributed by atoms with E-state index in [2.05, 4.69) is 22.0 Å². The molecule has 1 aliphatic rings. The minimum Gasteiger partial charge on any atom is -0.293 e. The summed E-state index contributed by atoms with van der Waals surface area (Å²) >= 11 is 4.93. The van der Waals surface area contributed by atoms with Gasteiger partial charge in [-0.1, -0.05) is 6.92 Å². The molecule has 11 heavy (non-hydrogen) atoms. The van der Waals surface area contributed by atoms with Crippen LogP contribution in [0.5, 0.6) is 0 Å². The molecular formula is C8H7BrOS. The fourth-order valence-corrected chi connectivity index (χ4v) is 3.13. The molecule has 0 saturated carbocycles. The summed E-state index contributed by atoms with van der Waals surface area (Å²) in [5.41, 5.74) is 1.22. The molecule has 2 rings (SSSR count). The van der Waals surface area contributed by atoms with Gasteiger partial charge in [0.15, 0.2) is 5.78 Å². The molecule has 0 spiro atoms. The van der Waals surface area contributed by atoms with E-state index in [0.717, 1.165) is 15.1 Å². The third-order valence-electron chi connectivity index (χ3n) is 1.98. The summed E-state index contributed by atoms with van der Waals surface area (Å²) < 4.78 is 1.07. The van der Waals surface area contributed by atoms with Crippen molar-refractivity contribution in [3.05, 3.63) is 20.3 Å².